The summed E-state index contributed by atoms with van der Waals surface area (Å²) in [6.45, 7) is 2.34. The highest BCUT2D eigenvalue weighted by Crippen LogP contribution is 2.26. The number of anilines is 1. The Morgan fingerprint density at radius 3 is 3.00 bits per heavy atom. The zero-order chi connectivity index (χ0) is 11.4. The molecule has 0 aliphatic heterocycles. The van der Waals surface area contributed by atoms with Gasteiger partial charge in [-0.2, -0.15) is 0 Å². The van der Waals surface area contributed by atoms with E-state index in [1.807, 2.05) is 12.1 Å². The van der Waals surface area contributed by atoms with Gasteiger partial charge in [-0.25, -0.2) is 4.98 Å². The third-order valence-electron chi connectivity index (χ3n) is 3.36. The zero-order valence-electron chi connectivity index (χ0n) is 9.75. The van der Waals surface area contributed by atoms with Gasteiger partial charge in [-0.3, -0.25) is 0 Å². The van der Waals surface area contributed by atoms with Gasteiger partial charge < -0.3 is 5.32 Å². The van der Waals surface area contributed by atoms with Gasteiger partial charge in [-0.05, 0) is 37.3 Å². The van der Waals surface area contributed by atoms with Crippen LogP contribution in [0.3, 0.4) is 0 Å². The normalized spacial score (nSPS) is 26.1. The largest absolute Gasteiger partial charge is 0.366 e. The van der Waals surface area contributed by atoms with E-state index >= 15 is 0 Å². The maximum atomic E-state index is 6.09. The Balaban J connectivity index is 1.96. The van der Waals surface area contributed by atoms with Gasteiger partial charge in [-0.15, -0.1) is 0 Å². The molecule has 2 unspecified atom stereocenters. The summed E-state index contributed by atoms with van der Waals surface area (Å²) >= 11 is 6.09. The van der Waals surface area contributed by atoms with Crippen LogP contribution in [-0.2, 0) is 0 Å². The van der Waals surface area contributed by atoms with E-state index in [0.717, 1.165) is 16.8 Å². The highest BCUT2D eigenvalue weighted by Gasteiger charge is 2.16. The number of nitrogens with one attached hydrogen (secondary N) is 1. The van der Waals surface area contributed by atoms with E-state index in [-0.39, 0.29) is 0 Å². The predicted molar refractivity (Wildman–Crippen MR) is 68.9 cm³/mol. The van der Waals surface area contributed by atoms with E-state index in [4.69, 9.17) is 11.6 Å². The van der Waals surface area contributed by atoms with Crippen molar-refractivity contribution in [1.82, 2.24) is 4.98 Å². The van der Waals surface area contributed by atoms with E-state index in [9.17, 15) is 0 Å². The number of halogens is 1. The second-order valence-electron chi connectivity index (χ2n) is 4.79. The highest BCUT2D eigenvalue weighted by atomic mass is 35.5. The number of pyridine rings is 1. The van der Waals surface area contributed by atoms with Crippen molar-refractivity contribution in [3.05, 3.63) is 23.4 Å². The van der Waals surface area contributed by atoms with E-state index in [2.05, 4.69) is 17.2 Å². The molecular formula is C13H19ClN2. The van der Waals surface area contributed by atoms with Crippen molar-refractivity contribution in [2.75, 3.05) is 5.32 Å². The molecule has 2 rings (SSSR count). The molecule has 1 aromatic rings. The first-order valence-electron chi connectivity index (χ1n) is 6.13. The van der Waals surface area contributed by atoms with Gasteiger partial charge >= 0.3 is 0 Å². The molecule has 3 heteroatoms. The molecule has 16 heavy (non-hydrogen) atoms. The molecule has 1 heterocycles. The van der Waals surface area contributed by atoms with Crippen LogP contribution in [0.4, 0.5) is 5.82 Å². The van der Waals surface area contributed by atoms with Crippen LogP contribution in [0.5, 0.6) is 0 Å². The molecule has 2 atom stereocenters. The van der Waals surface area contributed by atoms with Crippen LogP contribution in [0.25, 0.3) is 0 Å². The van der Waals surface area contributed by atoms with Crippen molar-refractivity contribution in [3.63, 3.8) is 0 Å². The number of hydrogen-bond donors (Lipinski definition) is 1. The average molecular weight is 239 g/mol. The minimum atomic E-state index is 0.539. The molecule has 2 nitrogen and oxygen atoms in total. The SMILES string of the molecule is CC1CCCC(Nc2ncccc2Cl)CC1. The fourth-order valence-electron chi connectivity index (χ4n) is 2.32. The van der Waals surface area contributed by atoms with Crippen LogP contribution in [0.15, 0.2) is 18.3 Å². The second-order valence-corrected chi connectivity index (χ2v) is 5.20. The molecular weight excluding hydrogens is 220 g/mol. The molecule has 1 saturated carbocycles. The third-order valence-corrected chi connectivity index (χ3v) is 3.66. The quantitative estimate of drug-likeness (QED) is 0.785. The molecule has 1 fully saturated rings. The number of hydrogen-bond acceptors (Lipinski definition) is 2. The summed E-state index contributed by atoms with van der Waals surface area (Å²) in [5.74, 6) is 1.70. The summed E-state index contributed by atoms with van der Waals surface area (Å²) in [5.41, 5.74) is 0. The van der Waals surface area contributed by atoms with Gasteiger partial charge in [0.15, 0.2) is 0 Å². The second kappa shape index (κ2) is 5.53. The lowest BCUT2D eigenvalue weighted by molar-refractivity contribution is 0.502. The molecule has 0 bridgehead atoms. The summed E-state index contributed by atoms with van der Waals surface area (Å²) in [4.78, 5) is 4.28. The van der Waals surface area contributed by atoms with E-state index < -0.39 is 0 Å². The topological polar surface area (TPSA) is 24.9 Å². The Morgan fingerprint density at radius 1 is 1.31 bits per heavy atom. The van der Waals surface area contributed by atoms with Crippen LogP contribution in [0, 0.1) is 5.92 Å². The monoisotopic (exact) mass is 238 g/mol. The number of rotatable bonds is 2. The highest BCUT2D eigenvalue weighted by molar-refractivity contribution is 6.32. The van der Waals surface area contributed by atoms with Gasteiger partial charge in [0.2, 0.25) is 0 Å². The maximum absolute atomic E-state index is 6.09. The molecule has 0 saturated heterocycles. The van der Waals surface area contributed by atoms with Crippen molar-refractivity contribution in [3.8, 4) is 0 Å². The Kier molecular flexibility index (Phi) is 4.05. The van der Waals surface area contributed by atoms with E-state index in [1.54, 1.807) is 6.20 Å². The minimum Gasteiger partial charge on any atom is -0.366 e. The van der Waals surface area contributed by atoms with Gasteiger partial charge in [0.1, 0.15) is 5.82 Å². The summed E-state index contributed by atoms with van der Waals surface area (Å²) in [6, 6.07) is 4.29. The maximum Gasteiger partial charge on any atom is 0.144 e. The van der Waals surface area contributed by atoms with E-state index in [1.165, 1.54) is 32.1 Å². The van der Waals surface area contributed by atoms with Crippen LogP contribution in [0.1, 0.15) is 39.0 Å². The summed E-state index contributed by atoms with van der Waals surface area (Å²) < 4.78 is 0. The lowest BCUT2D eigenvalue weighted by atomic mass is 10.0. The Bertz CT molecular complexity index is 340. The molecule has 1 aromatic heterocycles. The fourth-order valence-corrected chi connectivity index (χ4v) is 2.49. The Hall–Kier alpha value is -0.760. The predicted octanol–water partition coefficient (Wildman–Crippen LogP) is 4.12. The summed E-state index contributed by atoms with van der Waals surface area (Å²) in [5, 5.41) is 4.19. The molecule has 1 aliphatic rings. The molecule has 1 aliphatic carbocycles. The minimum absolute atomic E-state index is 0.539. The zero-order valence-corrected chi connectivity index (χ0v) is 10.5. The average Bonchev–Trinajstić information content (AvgIpc) is 2.47. The molecule has 0 spiro atoms. The molecule has 88 valence electrons. The van der Waals surface area contributed by atoms with E-state index in [0.29, 0.717) is 6.04 Å². The summed E-state index contributed by atoms with van der Waals surface area (Å²) in [6.07, 6.45) is 8.22. The van der Waals surface area contributed by atoms with Gasteiger partial charge in [0.05, 0.1) is 5.02 Å². The van der Waals surface area contributed by atoms with Gasteiger partial charge in [0, 0.05) is 12.2 Å². The molecule has 0 radical (unpaired) electrons. The number of aromatic nitrogens is 1. The van der Waals surface area contributed by atoms with Crippen molar-refractivity contribution in [1.29, 1.82) is 0 Å². The van der Waals surface area contributed by atoms with Gasteiger partial charge in [-0.1, -0.05) is 31.4 Å². The third kappa shape index (κ3) is 3.11. The molecule has 0 amide bonds. The van der Waals surface area contributed by atoms with Crippen molar-refractivity contribution in [2.24, 2.45) is 5.92 Å². The first-order valence-corrected chi connectivity index (χ1v) is 6.50. The van der Waals surface area contributed by atoms with Crippen LogP contribution >= 0.6 is 11.6 Å². The Morgan fingerprint density at radius 2 is 2.19 bits per heavy atom. The van der Waals surface area contributed by atoms with Crippen molar-refractivity contribution < 1.29 is 0 Å². The first-order chi connectivity index (χ1) is 7.75. The Labute approximate surface area is 102 Å². The number of nitrogens with zero attached hydrogens (tertiary/aromatic N) is 1. The first kappa shape index (κ1) is 11.7. The van der Waals surface area contributed by atoms with Crippen molar-refractivity contribution in [2.45, 2.75) is 45.1 Å². The van der Waals surface area contributed by atoms with Crippen LogP contribution < -0.4 is 5.32 Å². The van der Waals surface area contributed by atoms with Crippen molar-refractivity contribution >= 4 is 17.4 Å². The lowest BCUT2D eigenvalue weighted by Gasteiger charge is -2.17. The van der Waals surface area contributed by atoms with Crippen LogP contribution in [0.2, 0.25) is 5.02 Å². The summed E-state index contributed by atoms with van der Waals surface area (Å²) in [7, 11) is 0. The lowest BCUT2D eigenvalue weighted by Crippen LogP contribution is -2.19. The molecule has 0 aromatic carbocycles. The van der Waals surface area contributed by atoms with Crippen LogP contribution in [-0.4, -0.2) is 11.0 Å². The smallest absolute Gasteiger partial charge is 0.144 e. The van der Waals surface area contributed by atoms with Gasteiger partial charge in [0.25, 0.3) is 0 Å². The fraction of sp³-hybridized carbons (Fsp3) is 0.615. The standard InChI is InChI=1S/C13H19ClN2/c1-10-4-2-5-11(8-7-10)16-13-12(14)6-3-9-15-13/h3,6,9-11H,2,4-5,7-8H2,1H3,(H,15,16). The molecule has 1 N–H and O–H groups in total.